The molecular weight excluding hydrogens is 125 g/mol. The van der Waals surface area contributed by atoms with Crippen LogP contribution >= 0.6 is 0 Å². The Balaban J connectivity index is 3.67. The van der Waals surface area contributed by atoms with E-state index in [1.54, 1.807) is 5.98 Å². The summed E-state index contributed by atoms with van der Waals surface area (Å²) in [6, 6.07) is 0. The third-order valence-electron chi connectivity index (χ3n) is 0.876. The van der Waals surface area contributed by atoms with E-state index in [1.165, 1.54) is 6.08 Å². The van der Waals surface area contributed by atoms with Crippen LogP contribution in [0.15, 0.2) is 37.4 Å². The van der Waals surface area contributed by atoms with Crippen LogP contribution in [0, 0.1) is 0 Å². The Kier molecular flexibility index (Phi) is 4.04. The van der Waals surface area contributed by atoms with Crippen LogP contribution in [0.25, 0.3) is 0 Å². The molecule has 0 aliphatic carbocycles. The number of hydrogen-bond acceptors (Lipinski definition) is 1. The Labute approximate surface area is 61.6 Å². The normalized spacial score (nSPS) is 7.60. The number of hydrogen-bond donors (Lipinski definition) is 1. The molecule has 0 atom stereocenters. The summed E-state index contributed by atoms with van der Waals surface area (Å²) >= 11 is 0. The molecular formula is C7H10BNO. The minimum Gasteiger partial charge on any atom is -0.335 e. The van der Waals surface area contributed by atoms with Gasteiger partial charge in [0, 0.05) is 0 Å². The molecule has 2 nitrogen and oxygen atoms in total. The van der Waals surface area contributed by atoms with E-state index in [4.69, 9.17) is 0 Å². The summed E-state index contributed by atoms with van der Waals surface area (Å²) in [6.07, 6.45) is 1.20. The van der Waals surface area contributed by atoms with Crippen molar-refractivity contribution >= 4 is 13.2 Å². The van der Waals surface area contributed by atoms with Crippen LogP contribution in [0.5, 0.6) is 0 Å². The predicted octanol–water partition coefficient (Wildman–Crippen LogP) is 0.340. The summed E-state index contributed by atoms with van der Waals surface area (Å²) in [5.74, 6) is 1.44. The molecule has 52 valence electrons. The van der Waals surface area contributed by atoms with E-state index in [9.17, 15) is 4.79 Å². The van der Waals surface area contributed by atoms with Gasteiger partial charge in [-0.2, -0.15) is 0 Å². The Morgan fingerprint density at radius 3 is 2.50 bits per heavy atom. The van der Waals surface area contributed by atoms with Gasteiger partial charge in [0.2, 0.25) is 13.2 Å². The molecule has 0 aromatic heterocycles. The second-order valence-corrected chi connectivity index (χ2v) is 1.79. The summed E-state index contributed by atoms with van der Waals surface area (Å²) in [4.78, 5) is 10.6. The highest BCUT2D eigenvalue weighted by Gasteiger charge is 1.95. The number of carbonyl (C=O) groups excluding carboxylic acids is 1. The maximum atomic E-state index is 10.6. The topological polar surface area (TPSA) is 29.1 Å². The fourth-order valence-corrected chi connectivity index (χ4v) is 0.451. The fraction of sp³-hybridized carbons (Fsp3) is 0. The summed E-state index contributed by atoms with van der Waals surface area (Å²) in [5, 5.41) is 2.51. The Morgan fingerprint density at radius 1 is 1.50 bits per heavy atom. The lowest BCUT2D eigenvalue weighted by Crippen LogP contribution is -2.22. The van der Waals surface area contributed by atoms with E-state index >= 15 is 0 Å². The average molecular weight is 135 g/mol. The first-order valence-electron chi connectivity index (χ1n) is 2.92. The highest BCUT2D eigenvalue weighted by Crippen LogP contribution is 1.80. The third-order valence-corrected chi connectivity index (χ3v) is 0.876. The van der Waals surface area contributed by atoms with Gasteiger partial charge in [0.05, 0.1) is 0 Å². The maximum absolute atomic E-state index is 10.6. The molecule has 0 aliphatic rings. The molecule has 1 amide bonds. The summed E-state index contributed by atoms with van der Waals surface area (Å²) in [5.41, 5.74) is 0.639. The lowest BCUT2D eigenvalue weighted by molar-refractivity contribution is -0.115. The Hall–Kier alpha value is -1.25. The second kappa shape index (κ2) is 4.62. The zero-order chi connectivity index (χ0) is 7.98. The standard InChI is InChI=1S/C7H10BNO/c1-4-7(10)9-6(3)8-5-2/h4-5,8H,1-3H2,(H,9,10). The molecule has 0 rings (SSSR count). The van der Waals surface area contributed by atoms with Gasteiger partial charge in [-0.3, -0.25) is 4.79 Å². The first-order chi connectivity index (χ1) is 4.70. The highest BCUT2D eigenvalue weighted by molar-refractivity contribution is 6.51. The van der Waals surface area contributed by atoms with Crippen molar-refractivity contribution in [1.82, 2.24) is 5.32 Å². The van der Waals surface area contributed by atoms with Crippen LogP contribution in [-0.2, 0) is 4.79 Å². The van der Waals surface area contributed by atoms with E-state index in [-0.39, 0.29) is 5.91 Å². The van der Waals surface area contributed by atoms with Crippen molar-refractivity contribution in [2.24, 2.45) is 0 Å². The smallest absolute Gasteiger partial charge is 0.246 e. The van der Waals surface area contributed by atoms with Gasteiger partial charge in [0.25, 0.3) is 0 Å². The van der Waals surface area contributed by atoms with Crippen molar-refractivity contribution in [3.63, 3.8) is 0 Å². The second-order valence-electron chi connectivity index (χ2n) is 1.79. The van der Waals surface area contributed by atoms with Gasteiger partial charge in [-0.25, -0.2) is 0 Å². The zero-order valence-electron chi connectivity index (χ0n) is 5.89. The van der Waals surface area contributed by atoms with Crippen molar-refractivity contribution in [1.29, 1.82) is 0 Å². The molecule has 0 aliphatic heterocycles. The van der Waals surface area contributed by atoms with Crippen molar-refractivity contribution in [2.45, 2.75) is 0 Å². The van der Waals surface area contributed by atoms with E-state index < -0.39 is 0 Å². The first-order valence-corrected chi connectivity index (χ1v) is 2.92. The van der Waals surface area contributed by atoms with Gasteiger partial charge in [-0.05, 0) is 11.7 Å². The summed E-state index contributed by atoms with van der Waals surface area (Å²) in [7, 11) is 0.597. The quantitative estimate of drug-likeness (QED) is 0.437. The van der Waals surface area contributed by atoms with Crippen LogP contribution in [0.4, 0.5) is 0 Å². The average Bonchev–Trinajstić information content (AvgIpc) is 1.88. The van der Waals surface area contributed by atoms with Gasteiger partial charge in [-0.1, -0.05) is 13.2 Å². The number of nitrogens with one attached hydrogen (secondary N) is 1. The number of carbonyl (C=O) groups is 1. The molecule has 0 radical (unpaired) electrons. The predicted molar refractivity (Wildman–Crippen MR) is 44.8 cm³/mol. The van der Waals surface area contributed by atoms with Gasteiger partial charge >= 0.3 is 0 Å². The van der Waals surface area contributed by atoms with E-state index in [2.05, 4.69) is 25.1 Å². The molecule has 0 heterocycles. The van der Waals surface area contributed by atoms with E-state index in [0.29, 0.717) is 12.9 Å². The van der Waals surface area contributed by atoms with Gasteiger partial charge in [-0.15, -0.1) is 12.6 Å². The molecule has 10 heavy (non-hydrogen) atoms. The van der Waals surface area contributed by atoms with Crippen molar-refractivity contribution < 1.29 is 4.79 Å². The molecule has 0 saturated heterocycles. The molecule has 0 aromatic carbocycles. The monoisotopic (exact) mass is 135 g/mol. The molecule has 0 spiro atoms. The van der Waals surface area contributed by atoms with E-state index in [1.807, 2.05) is 0 Å². The van der Waals surface area contributed by atoms with Gasteiger partial charge < -0.3 is 5.32 Å². The van der Waals surface area contributed by atoms with Gasteiger partial charge in [0.15, 0.2) is 0 Å². The fourth-order valence-electron chi connectivity index (χ4n) is 0.451. The summed E-state index contributed by atoms with van der Waals surface area (Å²) in [6.45, 7) is 10.4. The molecule has 0 unspecified atom stereocenters. The van der Waals surface area contributed by atoms with Crippen LogP contribution in [0.1, 0.15) is 0 Å². The first kappa shape index (κ1) is 8.75. The Bertz CT molecular complexity index is 174. The van der Waals surface area contributed by atoms with E-state index in [0.717, 1.165) is 0 Å². The van der Waals surface area contributed by atoms with Gasteiger partial charge in [0.1, 0.15) is 0 Å². The largest absolute Gasteiger partial charge is 0.335 e. The molecule has 3 heteroatoms. The number of amides is 1. The Morgan fingerprint density at radius 2 is 2.10 bits per heavy atom. The van der Waals surface area contributed by atoms with Crippen molar-refractivity contribution in [3.05, 3.63) is 37.4 Å². The maximum Gasteiger partial charge on any atom is 0.246 e. The molecule has 0 aromatic rings. The van der Waals surface area contributed by atoms with Crippen molar-refractivity contribution in [2.75, 3.05) is 0 Å². The minimum atomic E-state index is -0.230. The summed E-state index contributed by atoms with van der Waals surface area (Å²) < 4.78 is 0. The molecule has 0 fully saturated rings. The lowest BCUT2D eigenvalue weighted by Gasteiger charge is -1.99. The number of rotatable bonds is 4. The molecule has 0 bridgehead atoms. The lowest BCUT2D eigenvalue weighted by atomic mass is 9.75. The van der Waals surface area contributed by atoms with Crippen LogP contribution in [0.3, 0.4) is 0 Å². The molecule has 1 N–H and O–H groups in total. The molecule has 0 saturated carbocycles. The highest BCUT2D eigenvalue weighted by atomic mass is 16.1. The van der Waals surface area contributed by atoms with Crippen molar-refractivity contribution in [3.8, 4) is 0 Å². The minimum absolute atomic E-state index is 0.230. The van der Waals surface area contributed by atoms with Crippen LogP contribution in [0.2, 0.25) is 0 Å². The van der Waals surface area contributed by atoms with Crippen LogP contribution in [-0.4, -0.2) is 13.2 Å². The SMILES string of the molecule is C=CBC(=C)NC(=O)C=C. The van der Waals surface area contributed by atoms with Crippen LogP contribution < -0.4 is 5.32 Å². The third kappa shape index (κ3) is 3.72. The zero-order valence-corrected chi connectivity index (χ0v) is 5.89.